The Balaban J connectivity index is 1.93. The summed E-state index contributed by atoms with van der Waals surface area (Å²) in [6, 6.07) is 0.591. The van der Waals surface area contributed by atoms with Crippen LogP contribution in [0.1, 0.15) is 24.3 Å². The van der Waals surface area contributed by atoms with E-state index in [0.29, 0.717) is 11.9 Å². The van der Waals surface area contributed by atoms with Gasteiger partial charge in [-0.15, -0.1) is 11.3 Å². The van der Waals surface area contributed by atoms with Gasteiger partial charge in [0.05, 0.1) is 16.3 Å². The van der Waals surface area contributed by atoms with Gasteiger partial charge in [0, 0.05) is 11.4 Å². The first-order valence-electron chi connectivity index (χ1n) is 5.68. The zero-order valence-corrected chi connectivity index (χ0v) is 11.2. The topological polar surface area (TPSA) is 63.8 Å². The Labute approximate surface area is 108 Å². The molecular weight excluding hydrogens is 252 g/mol. The maximum Gasteiger partial charge on any atom is 0.148 e. The van der Waals surface area contributed by atoms with E-state index < -0.39 is 0 Å². The fraction of sp³-hybridized carbons (Fsp3) is 0.455. The van der Waals surface area contributed by atoms with E-state index in [-0.39, 0.29) is 0 Å². The van der Waals surface area contributed by atoms with E-state index in [1.54, 1.807) is 11.3 Å². The Hall–Kier alpha value is -1.14. The SMILES string of the molecule is Cc1nc(-c2c(N)nsc2NC2CCC2)cs1. The molecule has 6 heteroatoms. The highest BCUT2D eigenvalue weighted by atomic mass is 32.1. The van der Waals surface area contributed by atoms with Crippen molar-refractivity contribution in [3.8, 4) is 11.3 Å². The molecule has 0 amide bonds. The maximum atomic E-state index is 5.94. The summed E-state index contributed by atoms with van der Waals surface area (Å²) in [5.41, 5.74) is 7.86. The quantitative estimate of drug-likeness (QED) is 0.896. The largest absolute Gasteiger partial charge is 0.382 e. The van der Waals surface area contributed by atoms with E-state index in [2.05, 4.69) is 14.7 Å². The Kier molecular flexibility index (Phi) is 2.76. The lowest BCUT2D eigenvalue weighted by molar-refractivity contribution is 0.446. The molecule has 2 aromatic heterocycles. The predicted molar refractivity (Wildman–Crippen MR) is 73.6 cm³/mol. The molecule has 0 aliphatic heterocycles. The number of aryl methyl sites for hydroxylation is 1. The molecule has 17 heavy (non-hydrogen) atoms. The molecule has 0 radical (unpaired) electrons. The number of hydrogen-bond donors (Lipinski definition) is 2. The van der Waals surface area contributed by atoms with Crippen LogP contribution in [-0.4, -0.2) is 15.4 Å². The molecule has 90 valence electrons. The number of anilines is 2. The van der Waals surface area contributed by atoms with Gasteiger partial charge in [-0.05, 0) is 37.7 Å². The number of nitrogens with one attached hydrogen (secondary N) is 1. The van der Waals surface area contributed by atoms with Crippen LogP contribution < -0.4 is 11.1 Å². The first-order chi connectivity index (χ1) is 8.24. The van der Waals surface area contributed by atoms with E-state index in [1.165, 1.54) is 30.8 Å². The average molecular weight is 266 g/mol. The lowest BCUT2D eigenvalue weighted by Gasteiger charge is -2.26. The van der Waals surface area contributed by atoms with Gasteiger partial charge in [0.15, 0.2) is 0 Å². The maximum absolute atomic E-state index is 5.94. The van der Waals surface area contributed by atoms with Gasteiger partial charge in [-0.2, -0.15) is 4.37 Å². The molecule has 2 aromatic rings. The van der Waals surface area contributed by atoms with E-state index in [0.717, 1.165) is 21.3 Å². The van der Waals surface area contributed by atoms with Crippen LogP contribution in [0.5, 0.6) is 0 Å². The summed E-state index contributed by atoms with van der Waals surface area (Å²) < 4.78 is 4.24. The second kappa shape index (κ2) is 4.27. The van der Waals surface area contributed by atoms with Gasteiger partial charge in [0.25, 0.3) is 0 Å². The van der Waals surface area contributed by atoms with Crippen molar-refractivity contribution in [2.24, 2.45) is 0 Å². The van der Waals surface area contributed by atoms with Gasteiger partial charge in [-0.1, -0.05) is 0 Å². The summed E-state index contributed by atoms with van der Waals surface area (Å²) in [4.78, 5) is 4.49. The molecule has 4 nitrogen and oxygen atoms in total. The van der Waals surface area contributed by atoms with Crippen LogP contribution in [0, 0.1) is 6.92 Å². The molecule has 3 rings (SSSR count). The average Bonchev–Trinajstić information content (AvgIpc) is 2.79. The van der Waals surface area contributed by atoms with Crippen molar-refractivity contribution in [2.75, 3.05) is 11.1 Å². The molecule has 1 fully saturated rings. The fourth-order valence-corrected chi connectivity index (χ4v) is 3.27. The van der Waals surface area contributed by atoms with E-state index in [9.17, 15) is 0 Å². The number of nitrogens with zero attached hydrogens (tertiary/aromatic N) is 2. The minimum atomic E-state index is 0.585. The minimum Gasteiger partial charge on any atom is -0.382 e. The number of hydrogen-bond acceptors (Lipinski definition) is 6. The molecule has 0 spiro atoms. The zero-order valence-electron chi connectivity index (χ0n) is 9.56. The van der Waals surface area contributed by atoms with Crippen molar-refractivity contribution >= 4 is 33.7 Å². The van der Waals surface area contributed by atoms with E-state index in [1.807, 2.05) is 12.3 Å². The first-order valence-corrected chi connectivity index (χ1v) is 7.33. The molecule has 0 unspecified atom stereocenters. The normalized spacial score (nSPS) is 15.8. The molecule has 1 saturated carbocycles. The third-order valence-electron chi connectivity index (χ3n) is 3.03. The Bertz CT molecular complexity index is 527. The smallest absolute Gasteiger partial charge is 0.148 e. The van der Waals surface area contributed by atoms with Gasteiger partial charge >= 0.3 is 0 Å². The lowest BCUT2D eigenvalue weighted by Crippen LogP contribution is -2.26. The number of aromatic nitrogens is 2. The lowest BCUT2D eigenvalue weighted by atomic mass is 9.93. The van der Waals surface area contributed by atoms with Crippen LogP contribution >= 0.6 is 22.9 Å². The summed E-state index contributed by atoms with van der Waals surface area (Å²) in [7, 11) is 0. The molecule has 0 bridgehead atoms. The van der Waals surface area contributed by atoms with Crippen LogP contribution in [0.2, 0.25) is 0 Å². The van der Waals surface area contributed by atoms with E-state index >= 15 is 0 Å². The predicted octanol–water partition coefficient (Wildman–Crippen LogP) is 3.12. The molecule has 3 N–H and O–H groups in total. The van der Waals surface area contributed by atoms with E-state index in [4.69, 9.17) is 5.73 Å². The number of rotatable bonds is 3. The minimum absolute atomic E-state index is 0.585. The van der Waals surface area contributed by atoms with Crippen molar-refractivity contribution in [2.45, 2.75) is 32.2 Å². The highest BCUT2D eigenvalue weighted by molar-refractivity contribution is 7.11. The molecular formula is C11H14N4S2. The van der Waals surface area contributed by atoms with Crippen molar-refractivity contribution in [3.63, 3.8) is 0 Å². The van der Waals surface area contributed by atoms with Gasteiger partial charge < -0.3 is 11.1 Å². The highest BCUT2D eigenvalue weighted by Crippen LogP contribution is 2.38. The monoisotopic (exact) mass is 266 g/mol. The van der Waals surface area contributed by atoms with Crippen molar-refractivity contribution in [1.82, 2.24) is 9.36 Å². The van der Waals surface area contributed by atoms with Crippen molar-refractivity contribution in [1.29, 1.82) is 0 Å². The number of nitrogen functional groups attached to an aromatic ring is 1. The molecule has 0 aromatic carbocycles. The molecule has 0 atom stereocenters. The molecule has 1 aliphatic rings. The zero-order chi connectivity index (χ0) is 11.8. The molecule has 1 aliphatic carbocycles. The van der Waals surface area contributed by atoms with Crippen LogP contribution in [-0.2, 0) is 0 Å². The summed E-state index contributed by atoms with van der Waals surface area (Å²) in [6.07, 6.45) is 3.80. The standard InChI is InChI=1S/C11H14N4S2/c1-6-13-8(5-16-6)9-10(12)15-17-11(9)14-7-3-2-4-7/h5,7,14H,2-4H2,1H3,(H2,12,15). The molecule has 0 saturated heterocycles. The van der Waals surface area contributed by atoms with Crippen LogP contribution in [0.25, 0.3) is 11.3 Å². The first kappa shape index (κ1) is 11.0. The Morgan fingerprint density at radius 3 is 2.88 bits per heavy atom. The van der Waals surface area contributed by atoms with Gasteiger partial charge in [0.2, 0.25) is 0 Å². The Morgan fingerprint density at radius 1 is 1.47 bits per heavy atom. The second-order valence-corrected chi connectivity index (χ2v) is 6.13. The summed E-state index contributed by atoms with van der Waals surface area (Å²) in [6.45, 7) is 2.00. The summed E-state index contributed by atoms with van der Waals surface area (Å²) in [5.74, 6) is 0.585. The highest BCUT2D eigenvalue weighted by Gasteiger charge is 2.22. The third-order valence-corrected chi connectivity index (χ3v) is 4.60. The number of thiazole rings is 1. The second-order valence-electron chi connectivity index (χ2n) is 4.30. The summed E-state index contributed by atoms with van der Waals surface area (Å²) in [5, 5.41) is 7.68. The van der Waals surface area contributed by atoms with Crippen molar-refractivity contribution in [3.05, 3.63) is 10.4 Å². The van der Waals surface area contributed by atoms with Crippen LogP contribution in [0.15, 0.2) is 5.38 Å². The van der Waals surface area contributed by atoms with Gasteiger partial charge in [-0.3, -0.25) is 0 Å². The van der Waals surface area contributed by atoms with Gasteiger partial charge in [-0.25, -0.2) is 4.98 Å². The van der Waals surface area contributed by atoms with Gasteiger partial charge in [0.1, 0.15) is 10.8 Å². The van der Waals surface area contributed by atoms with Crippen LogP contribution in [0.4, 0.5) is 10.8 Å². The molecule has 2 heterocycles. The van der Waals surface area contributed by atoms with Crippen LogP contribution in [0.3, 0.4) is 0 Å². The third kappa shape index (κ3) is 2.02. The Morgan fingerprint density at radius 2 is 2.29 bits per heavy atom. The van der Waals surface area contributed by atoms with Crippen molar-refractivity contribution < 1.29 is 0 Å². The fourth-order valence-electron chi connectivity index (χ4n) is 1.86. The summed E-state index contributed by atoms with van der Waals surface area (Å²) >= 11 is 3.08. The number of nitrogens with two attached hydrogens (primary N) is 1.